The van der Waals surface area contributed by atoms with Gasteiger partial charge in [0.15, 0.2) is 0 Å². The zero-order valence-corrected chi connectivity index (χ0v) is 12.2. The lowest BCUT2D eigenvalue weighted by Crippen LogP contribution is -2.09. The quantitative estimate of drug-likeness (QED) is 0.719. The Bertz CT molecular complexity index is 911. The minimum Gasteiger partial charge on any atom is -0.507 e. The molecule has 0 spiro atoms. The summed E-state index contributed by atoms with van der Waals surface area (Å²) in [7, 11) is 0. The summed E-state index contributed by atoms with van der Waals surface area (Å²) in [5.41, 5.74) is 4.05. The number of H-pyrrole nitrogens is 1. The monoisotopic (exact) mass is 280 g/mol. The summed E-state index contributed by atoms with van der Waals surface area (Å²) in [5, 5.41) is 18.3. The van der Waals surface area contributed by atoms with Crippen molar-refractivity contribution in [1.29, 1.82) is 0 Å². The molecule has 0 unspecified atom stereocenters. The highest BCUT2D eigenvalue weighted by Crippen LogP contribution is 2.34. The number of fused-ring (bicyclic) bond motifs is 1. The van der Waals surface area contributed by atoms with Gasteiger partial charge in [0.1, 0.15) is 5.75 Å². The van der Waals surface area contributed by atoms with Gasteiger partial charge in [0, 0.05) is 10.9 Å². The Morgan fingerprint density at radius 1 is 1.05 bits per heavy atom. The molecule has 4 heteroatoms. The summed E-state index contributed by atoms with van der Waals surface area (Å²) in [4.78, 5) is 11.9. The molecule has 0 fully saturated rings. The first-order valence-corrected chi connectivity index (χ1v) is 6.78. The van der Waals surface area contributed by atoms with E-state index in [1.165, 1.54) is 0 Å². The molecule has 3 rings (SSSR count). The summed E-state index contributed by atoms with van der Waals surface area (Å²) in [6.45, 7) is 5.69. The standard InChI is InChI=1S/C17H16N2O2/c1-9-8-14(10(2)11(3)16(9)20)15-12-6-4-5-7-13(12)17(21)19-18-15/h4-8,20H,1-3H3,(H,19,21). The Morgan fingerprint density at radius 2 is 1.71 bits per heavy atom. The van der Waals surface area contributed by atoms with Crippen molar-refractivity contribution in [1.82, 2.24) is 10.2 Å². The number of hydrogen-bond donors (Lipinski definition) is 2. The molecular formula is C17H16N2O2. The molecule has 0 saturated heterocycles. The number of hydrogen-bond acceptors (Lipinski definition) is 3. The number of benzene rings is 2. The number of rotatable bonds is 1. The second kappa shape index (κ2) is 4.74. The van der Waals surface area contributed by atoms with Crippen LogP contribution in [0.5, 0.6) is 5.75 Å². The van der Waals surface area contributed by atoms with E-state index >= 15 is 0 Å². The predicted octanol–water partition coefficient (Wildman–Crippen LogP) is 3.22. The second-order valence-corrected chi connectivity index (χ2v) is 5.29. The summed E-state index contributed by atoms with van der Waals surface area (Å²) in [6.07, 6.45) is 0. The van der Waals surface area contributed by atoms with Crippen LogP contribution in [0.25, 0.3) is 22.0 Å². The van der Waals surface area contributed by atoms with Crippen molar-refractivity contribution in [3.63, 3.8) is 0 Å². The molecular weight excluding hydrogens is 264 g/mol. The first kappa shape index (κ1) is 13.4. The maximum atomic E-state index is 11.9. The van der Waals surface area contributed by atoms with Gasteiger partial charge in [-0.2, -0.15) is 5.10 Å². The highest BCUT2D eigenvalue weighted by atomic mass is 16.3. The number of aryl methyl sites for hydroxylation is 1. The molecule has 0 aliphatic heterocycles. The van der Waals surface area contributed by atoms with Crippen LogP contribution in [0, 0.1) is 20.8 Å². The minimum absolute atomic E-state index is 0.195. The van der Waals surface area contributed by atoms with Crippen molar-refractivity contribution >= 4 is 10.8 Å². The summed E-state index contributed by atoms with van der Waals surface area (Å²) in [5.74, 6) is 0.310. The van der Waals surface area contributed by atoms with Gasteiger partial charge >= 0.3 is 0 Å². The lowest BCUT2D eigenvalue weighted by Gasteiger charge is -2.13. The van der Waals surface area contributed by atoms with Crippen LogP contribution >= 0.6 is 0 Å². The molecule has 0 aliphatic carbocycles. The van der Waals surface area contributed by atoms with Gasteiger partial charge in [0.25, 0.3) is 5.56 Å². The third-order valence-corrected chi connectivity index (χ3v) is 4.01. The molecule has 2 N–H and O–H groups in total. The molecule has 4 nitrogen and oxygen atoms in total. The van der Waals surface area contributed by atoms with Crippen LogP contribution in [-0.2, 0) is 0 Å². The molecule has 1 heterocycles. The Morgan fingerprint density at radius 3 is 2.43 bits per heavy atom. The fraction of sp³-hybridized carbons (Fsp3) is 0.176. The van der Waals surface area contributed by atoms with Crippen molar-refractivity contribution < 1.29 is 5.11 Å². The van der Waals surface area contributed by atoms with E-state index in [1.54, 1.807) is 6.07 Å². The van der Waals surface area contributed by atoms with E-state index in [2.05, 4.69) is 10.2 Å². The number of nitrogens with zero attached hydrogens (tertiary/aromatic N) is 1. The fourth-order valence-electron chi connectivity index (χ4n) is 2.63. The van der Waals surface area contributed by atoms with Crippen LogP contribution in [-0.4, -0.2) is 15.3 Å². The topological polar surface area (TPSA) is 66.0 Å². The predicted molar refractivity (Wildman–Crippen MR) is 83.7 cm³/mol. The van der Waals surface area contributed by atoms with Crippen LogP contribution < -0.4 is 5.56 Å². The number of phenols is 1. The molecule has 3 aromatic rings. The summed E-state index contributed by atoms with van der Waals surface area (Å²) >= 11 is 0. The molecule has 0 aliphatic rings. The van der Waals surface area contributed by atoms with Gasteiger partial charge < -0.3 is 5.11 Å². The second-order valence-electron chi connectivity index (χ2n) is 5.29. The van der Waals surface area contributed by atoms with Gasteiger partial charge in [-0.25, -0.2) is 5.10 Å². The Kier molecular flexibility index (Phi) is 3.01. The van der Waals surface area contributed by atoms with E-state index in [1.807, 2.05) is 45.0 Å². The minimum atomic E-state index is -0.195. The van der Waals surface area contributed by atoms with Gasteiger partial charge in [0.05, 0.1) is 11.1 Å². The maximum absolute atomic E-state index is 11.9. The normalized spacial score (nSPS) is 11.0. The van der Waals surface area contributed by atoms with E-state index in [0.717, 1.165) is 33.3 Å². The SMILES string of the molecule is Cc1cc(-c2n[nH]c(=O)c3ccccc23)c(C)c(C)c1O. The van der Waals surface area contributed by atoms with Gasteiger partial charge in [-0.3, -0.25) is 4.79 Å². The van der Waals surface area contributed by atoms with E-state index in [0.29, 0.717) is 11.1 Å². The summed E-state index contributed by atoms with van der Waals surface area (Å²) in [6, 6.07) is 9.31. The highest BCUT2D eigenvalue weighted by Gasteiger charge is 2.15. The molecule has 0 saturated carbocycles. The van der Waals surface area contributed by atoms with Crippen molar-refractivity contribution in [2.45, 2.75) is 20.8 Å². The average Bonchev–Trinajstić information content (AvgIpc) is 2.50. The third-order valence-electron chi connectivity index (χ3n) is 4.01. The molecule has 0 bridgehead atoms. The van der Waals surface area contributed by atoms with E-state index in [9.17, 15) is 9.90 Å². The molecule has 1 aromatic heterocycles. The first-order valence-electron chi connectivity index (χ1n) is 6.78. The largest absolute Gasteiger partial charge is 0.507 e. The van der Waals surface area contributed by atoms with E-state index < -0.39 is 0 Å². The average molecular weight is 280 g/mol. The van der Waals surface area contributed by atoms with Crippen LogP contribution in [0.3, 0.4) is 0 Å². The van der Waals surface area contributed by atoms with Crippen molar-refractivity contribution in [3.8, 4) is 17.0 Å². The van der Waals surface area contributed by atoms with Gasteiger partial charge in [0.2, 0.25) is 0 Å². The molecule has 0 atom stereocenters. The van der Waals surface area contributed by atoms with Crippen LogP contribution in [0.2, 0.25) is 0 Å². The number of aromatic hydroxyl groups is 1. The zero-order valence-electron chi connectivity index (χ0n) is 12.2. The molecule has 0 radical (unpaired) electrons. The van der Waals surface area contributed by atoms with Crippen molar-refractivity contribution in [2.24, 2.45) is 0 Å². The third kappa shape index (κ3) is 2.00. The van der Waals surface area contributed by atoms with Crippen molar-refractivity contribution in [2.75, 3.05) is 0 Å². The lowest BCUT2D eigenvalue weighted by molar-refractivity contribution is 0.466. The van der Waals surface area contributed by atoms with E-state index in [4.69, 9.17) is 0 Å². The van der Waals surface area contributed by atoms with Gasteiger partial charge in [-0.1, -0.05) is 18.2 Å². The molecule has 21 heavy (non-hydrogen) atoms. The van der Waals surface area contributed by atoms with Crippen LogP contribution in [0.15, 0.2) is 35.1 Å². The first-order chi connectivity index (χ1) is 10.0. The Hall–Kier alpha value is -2.62. The highest BCUT2D eigenvalue weighted by molar-refractivity contribution is 5.94. The van der Waals surface area contributed by atoms with Gasteiger partial charge in [-0.05, 0) is 49.6 Å². The Balaban J connectivity index is 2.42. The number of aromatic amines is 1. The summed E-state index contributed by atoms with van der Waals surface area (Å²) < 4.78 is 0. The van der Waals surface area contributed by atoms with Gasteiger partial charge in [-0.15, -0.1) is 0 Å². The fourth-order valence-corrected chi connectivity index (χ4v) is 2.63. The smallest absolute Gasteiger partial charge is 0.272 e. The molecule has 2 aromatic carbocycles. The van der Waals surface area contributed by atoms with Crippen molar-refractivity contribution in [3.05, 3.63) is 57.4 Å². The van der Waals surface area contributed by atoms with Crippen LogP contribution in [0.4, 0.5) is 0 Å². The van der Waals surface area contributed by atoms with E-state index in [-0.39, 0.29) is 5.56 Å². The zero-order chi connectivity index (χ0) is 15.1. The molecule has 106 valence electrons. The van der Waals surface area contributed by atoms with Crippen LogP contribution in [0.1, 0.15) is 16.7 Å². The molecule has 0 amide bonds. The number of nitrogens with one attached hydrogen (secondary N) is 1. The number of phenolic OH excluding ortho intramolecular Hbond substituents is 1. The Labute approximate surface area is 122 Å². The lowest BCUT2D eigenvalue weighted by atomic mass is 9.94. The maximum Gasteiger partial charge on any atom is 0.272 e. The number of aromatic nitrogens is 2.